The van der Waals surface area contributed by atoms with Gasteiger partial charge in [-0.2, -0.15) is 4.98 Å². The fraction of sp³-hybridized carbons (Fsp3) is 0. The average molecular weight is 211 g/mol. The minimum absolute atomic E-state index is 0.0863. The van der Waals surface area contributed by atoms with Crippen molar-refractivity contribution in [2.24, 2.45) is 0 Å². The monoisotopic (exact) mass is 211 g/mol. The van der Waals surface area contributed by atoms with Crippen molar-refractivity contribution >= 4 is 16.8 Å². The summed E-state index contributed by atoms with van der Waals surface area (Å²) in [6.07, 6.45) is 0. The van der Waals surface area contributed by atoms with Crippen LogP contribution in [0.4, 0.5) is 6.01 Å². The van der Waals surface area contributed by atoms with E-state index in [0.717, 1.165) is 10.9 Å². The van der Waals surface area contributed by atoms with Gasteiger partial charge in [0.05, 0.1) is 0 Å². The summed E-state index contributed by atoms with van der Waals surface area (Å²) in [5.41, 5.74) is 6.29. The van der Waals surface area contributed by atoms with E-state index in [4.69, 9.17) is 10.3 Å². The van der Waals surface area contributed by atoms with Crippen LogP contribution >= 0.6 is 0 Å². The molecule has 4 nitrogen and oxygen atoms in total. The largest absolute Gasteiger partial charge is 0.351 e. The van der Waals surface area contributed by atoms with Gasteiger partial charge in [-0.15, -0.1) is 0 Å². The third-order valence-electron chi connectivity index (χ3n) is 2.45. The van der Waals surface area contributed by atoms with Crippen LogP contribution in [0.1, 0.15) is 0 Å². The van der Waals surface area contributed by atoms with Gasteiger partial charge in [0, 0.05) is 5.56 Å². The zero-order chi connectivity index (χ0) is 11.0. The summed E-state index contributed by atoms with van der Waals surface area (Å²) in [5.74, 6) is 0.517. The number of aromatic nitrogens is 2. The SMILES string of the molecule is Nc1nc(-c2ccc3ccccc3c2)no1. The highest BCUT2D eigenvalue weighted by atomic mass is 16.5. The molecule has 0 amide bonds. The topological polar surface area (TPSA) is 64.9 Å². The van der Waals surface area contributed by atoms with Crippen LogP contribution in [0, 0.1) is 0 Å². The maximum Gasteiger partial charge on any atom is 0.319 e. The van der Waals surface area contributed by atoms with Crippen molar-refractivity contribution in [3.05, 3.63) is 42.5 Å². The van der Waals surface area contributed by atoms with E-state index in [0.29, 0.717) is 5.82 Å². The number of nitrogens with two attached hydrogens (primary N) is 1. The van der Waals surface area contributed by atoms with Gasteiger partial charge in [-0.3, -0.25) is 0 Å². The van der Waals surface area contributed by atoms with E-state index in [9.17, 15) is 0 Å². The summed E-state index contributed by atoms with van der Waals surface area (Å²) in [6, 6.07) is 14.2. The fourth-order valence-corrected chi connectivity index (χ4v) is 1.68. The first-order chi connectivity index (χ1) is 7.83. The molecule has 0 radical (unpaired) electrons. The van der Waals surface area contributed by atoms with Crippen LogP contribution in [0.2, 0.25) is 0 Å². The summed E-state index contributed by atoms with van der Waals surface area (Å²) in [4.78, 5) is 3.99. The molecule has 0 spiro atoms. The number of hydrogen-bond acceptors (Lipinski definition) is 4. The van der Waals surface area contributed by atoms with Gasteiger partial charge in [0.2, 0.25) is 5.82 Å². The lowest BCUT2D eigenvalue weighted by Gasteiger charge is -1.98. The first-order valence-corrected chi connectivity index (χ1v) is 4.91. The van der Waals surface area contributed by atoms with Crippen LogP contribution in [0.5, 0.6) is 0 Å². The van der Waals surface area contributed by atoms with Crippen LogP contribution < -0.4 is 5.73 Å². The zero-order valence-corrected chi connectivity index (χ0v) is 8.42. The van der Waals surface area contributed by atoms with Crippen molar-refractivity contribution in [3.8, 4) is 11.4 Å². The van der Waals surface area contributed by atoms with Crippen molar-refractivity contribution in [1.29, 1.82) is 0 Å². The fourth-order valence-electron chi connectivity index (χ4n) is 1.68. The van der Waals surface area contributed by atoms with E-state index in [1.54, 1.807) is 0 Å². The van der Waals surface area contributed by atoms with Crippen LogP contribution in [-0.2, 0) is 0 Å². The van der Waals surface area contributed by atoms with Gasteiger partial charge in [-0.05, 0) is 16.8 Å². The first kappa shape index (κ1) is 8.91. The Morgan fingerprint density at radius 2 is 1.81 bits per heavy atom. The Morgan fingerprint density at radius 1 is 1.00 bits per heavy atom. The molecule has 1 heterocycles. The minimum atomic E-state index is 0.0863. The summed E-state index contributed by atoms with van der Waals surface area (Å²) >= 11 is 0. The maximum atomic E-state index is 5.39. The Morgan fingerprint density at radius 3 is 2.56 bits per heavy atom. The molecule has 1 aromatic heterocycles. The number of fused-ring (bicyclic) bond motifs is 1. The van der Waals surface area contributed by atoms with Crippen LogP contribution in [-0.4, -0.2) is 10.1 Å². The first-order valence-electron chi connectivity index (χ1n) is 4.91. The number of rotatable bonds is 1. The third kappa shape index (κ3) is 1.40. The van der Waals surface area contributed by atoms with Crippen molar-refractivity contribution < 1.29 is 4.52 Å². The molecule has 0 aliphatic carbocycles. The average Bonchev–Trinajstić information content (AvgIpc) is 2.75. The minimum Gasteiger partial charge on any atom is -0.351 e. The molecule has 0 aliphatic heterocycles. The van der Waals surface area contributed by atoms with Crippen molar-refractivity contribution in [2.75, 3.05) is 5.73 Å². The summed E-state index contributed by atoms with van der Waals surface area (Å²) in [5, 5.41) is 6.11. The van der Waals surface area contributed by atoms with Crippen molar-refractivity contribution in [2.45, 2.75) is 0 Å². The second-order valence-electron chi connectivity index (χ2n) is 3.52. The standard InChI is InChI=1S/C12H9N3O/c13-12-14-11(15-16-12)10-6-5-8-3-1-2-4-9(8)7-10/h1-7H,(H2,13,14,15). The number of nitrogen functional groups attached to an aromatic ring is 1. The molecule has 4 heteroatoms. The molecule has 2 N–H and O–H groups in total. The van der Waals surface area contributed by atoms with Crippen molar-refractivity contribution in [1.82, 2.24) is 10.1 Å². The van der Waals surface area contributed by atoms with Crippen LogP contribution in [0.3, 0.4) is 0 Å². The summed E-state index contributed by atoms with van der Waals surface area (Å²) < 4.78 is 4.75. The number of anilines is 1. The molecule has 0 fully saturated rings. The van der Waals surface area contributed by atoms with E-state index in [1.807, 2.05) is 36.4 Å². The highest BCUT2D eigenvalue weighted by Crippen LogP contribution is 2.22. The predicted molar refractivity (Wildman–Crippen MR) is 61.7 cm³/mol. The lowest BCUT2D eigenvalue weighted by Crippen LogP contribution is -1.84. The van der Waals surface area contributed by atoms with E-state index >= 15 is 0 Å². The Hall–Kier alpha value is -2.36. The van der Waals surface area contributed by atoms with Gasteiger partial charge in [0.15, 0.2) is 0 Å². The molecule has 0 unspecified atom stereocenters. The number of nitrogens with zero attached hydrogens (tertiary/aromatic N) is 2. The van der Waals surface area contributed by atoms with Gasteiger partial charge in [0.25, 0.3) is 0 Å². The van der Waals surface area contributed by atoms with E-state index in [2.05, 4.69) is 16.2 Å². The molecular formula is C12H9N3O. The second-order valence-corrected chi connectivity index (χ2v) is 3.52. The van der Waals surface area contributed by atoms with Gasteiger partial charge in [-0.1, -0.05) is 41.6 Å². The molecule has 0 saturated carbocycles. The number of benzene rings is 2. The molecule has 0 saturated heterocycles. The molecule has 0 aliphatic rings. The molecule has 0 bridgehead atoms. The molecule has 0 atom stereocenters. The lowest BCUT2D eigenvalue weighted by atomic mass is 10.1. The quantitative estimate of drug-likeness (QED) is 0.671. The van der Waals surface area contributed by atoms with Gasteiger partial charge < -0.3 is 10.3 Å². The molecule has 2 aromatic carbocycles. The smallest absolute Gasteiger partial charge is 0.319 e. The zero-order valence-electron chi connectivity index (χ0n) is 8.42. The van der Waals surface area contributed by atoms with Crippen LogP contribution in [0.25, 0.3) is 22.2 Å². The van der Waals surface area contributed by atoms with Crippen LogP contribution in [0.15, 0.2) is 47.0 Å². The molecule has 78 valence electrons. The van der Waals surface area contributed by atoms with E-state index in [1.165, 1.54) is 5.39 Å². The Balaban J connectivity index is 2.18. The molecule has 16 heavy (non-hydrogen) atoms. The second kappa shape index (κ2) is 3.34. The van der Waals surface area contributed by atoms with Gasteiger partial charge >= 0.3 is 6.01 Å². The molecular weight excluding hydrogens is 202 g/mol. The Labute approximate surface area is 91.7 Å². The Bertz CT molecular complexity index is 645. The van der Waals surface area contributed by atoms with Gasteiger partial charge in [0.1, 0.15) is 0 Å². The molecule has 3 rings (SSSR count). The summed E-state index contributed by atoms with van der Waals surface area (Å²) in [7, 11) is 0. The van der Waals surface area contributed by atoms with Crippen molar-refractivity contribution in [3.63, 3.8) is 0 Å². The Kier molecular flexibility index (Phi) is 1.86. The highest BCUT2D eigenvalue weighted by Gasteiger charge is 2.06. The van der Waals surface area contributed by atoms with Gasteiger partial charge in [-0.25, -0.2) is 0 Å². The predicted octanol–water partition coefficient (Wildman–Crippen LogP) is 2.47. The van der Waals surface area contributed by atoms with E-state index in [-0.39, 0.29) is 6.01 Å². The maximum absolute atomic E-state index is 5.39. The van der Waals surface area contributed by atoms with E-state index < -0.39 is 0 Å². The lowest BCUT2D eigenvalue weighted by molar-refractivity contribution is 0.437. The summed E-state index contributed by atoms with van der Waals surface area (Å²) in [6.45, 7) is 0. The highest BCUT2D eigenvalue weighted by molar-refractivity contribution is 5.86. The normalized spacial score (nSPS) is 10.8. The third-order valence-corrected chi connectivity index (χ3v) is 2.45. The molecule has 3 aromatic rings. The number of hydrogen-bond donors (Lipinski definition) is 1.